The molecule has 0 aliphatic heterocycles. The molecule has 0 radical (unpaired) electrons. The molecule has 0 atom stereocenters. The van der Waals surface area contributed by atoms with E-state index >= 15 is 0 Å². The molecule has 1 amide bonds. The van der Waals surface area contributed by atoms with Crippen LogP contribution in [0.2, 0.25) is 0 Å². The summed E-state index contributed by atoms with van der Waals surface area (Å²) in [7, 11) is 0. The second kappa shape index (κ2) is 7.40. The lowest BCUT2D eigenvalue weighted by molar-refractivity contribution is -0.137. The summed E-state index contributed by atoms with van der Waals surface area (Å²) in [5.74, 6) is -1.03. The molecule has 2 rings (SSSR count). The van der Waals surface area contributed by atoms with E-state index < -0.39 is 5.97 Å². The topological polar surface area (TPSA) is 92.4 Å². The molecule has 2 aromatic rings. The van der Waals surface area contributed by atoms with Crippen LogP contribution < -0.4 is 5.32 Å². The van der Waals surface area contributed by atoms with Gasteiger partial charge < -0.3 is 14.9 Å². The molecule has 6 heteroatoms. The van der Waals surface area contributed by atoms with E-state index in [0.717, 1.165) is 11.1 Å². The second-order valence-electron chi connectivity index (χ2n) is 5.05. The van der Waals surface area contributed by atoms with Gasteiger partial charge in [0.1, 0.15) is 5.69 Å². The van der Waals surface area contributed by atoms with Gasteiger partial charge in [-0.25, -0.2) is 0 Å². The predicted octanol–water partition coefficient (Wildman–Crippen LogP) is 2.63. The number of carboxylic acid groups (broad SMARTS) is 1. The van der Waals surface area contributed by atoms with Crippen molar-refractivity contribution in [2.45, 2.75) is 26.2 Å². The van der Waals surface area contributed by atoms with Crippen molar-refractivity contribution in [1.82, 2.24) is 10.5 Å². The lowest BCUT2D eigenvalue weighted by atomic mass is 10.1. The number of nitrogens with one attached hydrogen (secondary N) is 1. The monoisotopic (exact) mass is 302 g/mol. The first kappa shape index (κ1) is 15.8. The largest absolute Gasteiger partial charge is 0.481 e. The third kappa shape index (κ3) is 4.44. The van der Waals surface area contributed by atoms with Crippen LogP contribution in [0.1, 0.15) is 35.4 Å². The third-order valence-corrected chi connectivity index (χ3v) is 3.18. The van der Waals surface area contributed by atoms with E-state index in [1.807, 2.05) is 31.2 Å². The van der Waals surface area contributed by atoms with Crippen LogP contribution in [0, 0.1) is 6.92 Å². The average molecular weight is 302 g/mol. The van der Waals surface area contributed by atoms with E-state index in [4.69, 9.17) is 9.63 Å². The van der Waals surface area contributed by atoms with E-state index in [9.17, 15) is 9.59 Å². The minimum absolute atomic E-state index is 0.107. The van der Waals surface area contributed by atoms with Crippen molar-refractivity contribution in [2.24, 2.45) is 0 Å². The zero-order valence-electron chi connectivity index (χ0n) is 12.3. The minimum Gasteiger partial charge on any atom is -0.481 e. The number of aryl methyl sites for hydroxylation is 1. The average Bonchev–Trinajstić information content (AvgIpc) is 2.97. The van der Waals surface area contributed by atoms with E-state index in [1.54, 1.807) is 6.07 Å². The molecule has 1 heterocycles. The molecule has 0 aliphatic carbocycles. The van der Waals surface area contributed by atoms with Gasteiger partial charge >= 0.3 is 5.97 Å². The molecule has 0 aliphatic rings. The Kier molecular flexibility index (Phi) is 5.30. The van der Waals surface area contributed by atoms with Crippen molar-refractivity contribution in [3.05, 3.63) is 41.7 Å². The van der Waals surface area contributed by atoms with Gasteiger partial charge in [-0.1, -0.05) is 35.0 Å². The van der Waals surface area contributed by atoms with Crippen LogP contribution in [0.3, 0.4) is 0 Å². The summed E-state index contributed by atoms with van der Waals surface area (Å²) in [6.07, 6.45) is 1.24. The van der Waals surface area contributed by atoms with Gasteiger partial charge in [0.2, 0.25) is 5.76 Å². The molecule has 116 valence electrons. The van der Waals surface area contributed by atoms with Gasteiger partial charge in [-0.2, -0.15) is 0 Å². The van der Waals surface area contributed by atoms with Gasteiger partial charge in [-0.15, -0.1) is 0 Å². The highest BCUT2D eigenvalue weighted by Crippen LogP contribution is 2.19. The second-order valence-corrected chi connectivity index (χ2v) is 5.05. The lowest BCUT2D eigenvalue weighted by Crippen LogP contribution is -2.24. The first-order chi connectivity index (χ1) is 10.6. The van der Waals surface area contributed by atoms with Crippen molar-refractivity contribution >= 4 is 11.9 Å². The molecule has 0 unspecified atom stereocenters. The van der Waals surface area contributed by atoms with Crippen LogP contribution in [-0.4, -0.2) is 28.7 Å². The number of aliphatic carboxylic acids is 1. The first-order valence-corrected chi connectivity index (χ1v) is 7.10. The van der Waals surface area contributed by atoms with Gasteiger partial charge in [0, 0.05) is 24.6 Å². The summed E-state index contributed by atoms with van der Waals surface area (Å²) in [6, 6.07) is 9.36. The fraction of sp³-hybridized carbons (Fsp3) is 0.312. The van der Waals surface area contributed by atoms with Crippen molar-refractivity contribution in [1.29, 1.82) is 0 Å². The van der Waals surface area contributed by atoms with E-state index in [-0.39, 0.29) is 18.1 Å². The number of rotatable bonds is 7. The number of hydrogen-bond donors (Lipinski definition) is 2. The lowest BCUT2D eigenvalue weighted by Gasteiger charge is -2.01. The highest BCUT2D eigenvalue weighted by Gasteiger charge is 2.13. The zero-order chi connectivity index (χ0) is 15.9. The van der Waals surface area contributed by atoms with Crippen molar-refractivity contribution in [3.63, 3.8) is 0 Å². The Labute approximate surface area is 128 Å². The van der Waals surface area contributed by atoms with Crippen molar-refractivity contribution in [2.75, 3.05) is 6.54 Å². The van der Waals surface area contributed by atoms with Gasteiger partial charge in [0.15, 0.2) is 0 Å². The quantitative estimate of drug-likeness (QED) is 0.767. The molecule has 6 nitrogen and oxygen atoms in total. The maximum Gasteiger partial charge on any atom is 0.303 e. The summed E-state index contributed by atoms with van der Waals surface area (Å²) < 4.78 is 5.05. The smallest absolute Gasteiger partial charge is 0.303 e. The van der Waals surface area contributed by atoms with E-state index in [0.29, 0.717) is 25.1 Å². The summed E-state index contributed by atoms with van der Waals surface area (Å²) in [5.41, 5.74) is 2.64. The van der Waals surface area contributed by atoms with Crippen LogP contribution in [0.25, 0.3) is 11.3 Å². The molecule has 0 fully saturated rings. The molecule has 1 aromatic carbocycles. The Morgan fingerprint density at radius 3 is 2.64 bits per heavy atom. The number of hydrogen-bond acceptors (Lipinski definition) is 4. The van der Waals surface area contributed by atoms with Gasteiger partial charge in [-0.3, -0.25) is 9.59 Å². The minimum atomic E-state index is -0.829. The van der Waals surface area contributed by atoms with Gasteiger partial charge in [0.05, 0.1) is 0 Å². The van der Waals surface area contributed by atoms with Crippen molar-refractivity contribution < 1.29 is 19.2 Å². The molecule has 2 N–H and O–H groups in total. The van der Waals surface area contributed by atoms with E-state index in [1.165, 1.54) is 0 Å². The number of aromatic nitrogens is 1. The number of carboxylic acids is 1. The first-order valence-electron chi connectivity index (χ1n) is 7.10. The number of carbonyl (C=O) groups is 2. The molecule has 0 spiro atoms. The van der Waals surface area contributed by atoms with Gasteiger partial charge in [0.25, 0.3) is 5.91 Å². The molecule has 0 saturated carbocycles. The standard InChI is InChI=1S/C16H18N2O4/c1-11-5-7-12(8-6-11)13-10-14(22-18-13)16(21)17-9-3-2-4-15(19)20/h5-8,10H,2-4,9H2,1H3,(H,17,21)(H,19,20). The predicted molar refractivity (Wildman–Crippen MR) is 80.5 cm³/mol. The maximum atomic E-state index is 11.9. The van der Waals surface area contributed by atoms with Crippen LogP contribution >= 0.6 is 0 Å². The molecule has 1 aromatic heterocycles. The third-order valence-electron chi connectivity index (χ3n) is 3.18. The molecule has 0 bridgehead atoms. The number of carbonyl (C=O) groups excluding carboxylic acids is 1. The van der Waals surface area contributed by atoms with Crippen LogP contribution in [-0.2, 0) is 4.79 Å². The summed E-state index contributed by atoms with van der Waals surface area (Å²) >= 11 is 0. The Balaban J connectivity index is 1.86. The number of nitrogens with zero attached hydrogens (tertiary/aromatic N) is 1. The Morgan fingerprint density at radius 1 is 1.23 bits per heavy atom. The molecule has 22 heavy (non-hydrogen) atoms. The fourth-order valence-corrected chi connectivity index (χ4v) is 1.93. The van der Waals surface area contributed by atoms with Crippen molar-refractivity contribution in [3.8, 4) is 11.3 Å². The Hall–Kier alpha value is -2.63. The number of amides is 1. The number of unbranched alkanes of at least 4 members (excludes halogenated alkanes) is 1. The maximum absolute atomic E-state index is 11.9. The van der Waals surface area contributed by atoms with Crippen LogP contribution in [0.15, 0.2) is 34.9 Å². The van der Waals surface area contributed by atoms with Gasteiger partial charge in [-0.05, 0) is 19.8 Å². The summed E-state index contributed by atoms with van der Waals surface area (Å²) in [5, 5.41) is 15.1. The Morgan fingerprint density at radius 2 is 1.95 bits per heavy atom. The SMILES string of the molecule is Cc1ccc(-c2cc(C(=O)NCCCCC(=O)O)on2)cc1. The summed E-state index contributed by atoms with van der Waals surface area (Å²) in [4.78, 5) is 22.2. The molecular formula is C16H18N2O4. The Bertz CT molecular complexity index is 646. The zero-order valence-corrected chi connectivity index (χ0v) is 12.3. The molecular weight excluding hydrogens is 284 g/mol. The molecule has 0 saturated heterocycles. The normalized spacial score (nSPS) is 10.4. The van der Waals surface area contributed by atoms with E-state index in [2.05, 4.69) is 10.5 Å². The highest BCUT2D eigenvalue weighted by molar-refractivity contribution is 5.92. The van der Waals surface area contributed by atoms with Crippen LogP contribution in [0.4, 0.5) is 0 Å². The fourth-order valence-electron chi connectivity index (χ4n) is 1.93. The van der Waals surface area contributed by atoms with Crippen LogP contribution in [0.5, 0.6) is 0 Å². The summed E-state index contributed by atoms with van der Waals surface area (Å²) in [6.45, 7) is 2.41. The highest BCUT2D eigenvalue weighted by atomic mass is 16.5. The number of benzene rings is 1.